The topological polar surface area (TPSA) is 38.0 Å². The third-order valence-electron chi connectivity index (χ3n) is 3.31. The highest BCUT2D eigenvalue weighted by molar-refractivity contribution is 6.30. The minimum absolute atomic E-state index is 0.410. The summed E-state index contributed by atoms with van der Waals surface area (Å²) >= 11 is 5.97. The molecule has 1 aliphatic heterocycles. The quantitative estimate of drug-likeness (QED) is 0.904. The molecule has 0 aliphatic carbocycles. The molecule has 1 aromatic carbocycles. The second kappa shape index (κ2) is 4.75. The largest absolute Gasteiger partial charge is 0.385 e. The van der Waals surface area contributed by atoms with E-state index >= 15 is 0 Å². The summed E-state index contributed by atoms with van der Waals surface area (Å²) in [5.74, 6) is 0.804. The van der Waals surface area contributed by atoms with Crippen molar-refractivity contribution in [3.63, 3.8) is 0 Å². The van der Waals surface area contributed by atoms with E-state index in [2.05, 4.69) is 9.55 Å². The van der Waals surface area contributed by atoms with Crippen molar-refractivity contribution in [3.8, 4) is 0 Å². The van der Waals surface area contributed by atoms with Gasteiger partial charge in [-0.3, -0.25) is 0 Å². The fourth-order valence-electron chi connectivity index (χ4n) is 2.46. The van der Waals surface area contributed by atoms with Gasteiger partial charge in [-0.25, -0.2) is 4.98 Å². The zero-order chi connectivity index (χ0) is 12.5. The Morgan fingerprint density at radius 2 is 2.33 bits per heavy atom. The van der Waals surface area contributed by atoms with E-state index in [9.17, 15) is 5.11 Å². The number of aliphatic hydroxyl groups excluding tert-OH is 1. The maximum atomic E-state index is 9.88. The zero-order valence-electron chi connectivity index (χ0n) is 10.0. The van der Waals surface area contributed by atoms with Crippen LogP contribution in [-0.2, 0) is 13.0 Å². The van der Waals surface area contributed by atoms with Crippen molar-refractivity contribution in [2.24, 2.45) is 0 Å². The molecule has 1 aliphatic rings. The van der Waals surface area contributed by atoms with E-state index in [1.165, 1.54) is 0 Å². The predicted octanol–water partition coefficient (Wildman–Crippen LogP) is 2.95. The Kier molecular flexibility index (Phi) is 3.10. The van der Waals surface area contributed by atoms with Gasteiger partial charge >= 0.3 is 0 Å². The van der Waals surface area contributed by atoms with Crippen LogP contribution in [0.15, 0.2) is 30.5 Å². The first-order valence-electron chi connectivity index (χ1n) is 6.21. The molecule has 0 radical (unpaired) electrons. The second-order valence-corrected chi connectivity index (χ2v) is 5.18. The van der Waals surface area contributed by atoms with Gasteiger partial charge < -0.3 is 9.67 Å². The highest BCUT2D eigenvalue weighted by Gasteiger charge is 2.20. The van der Waals surface area contributed by atoms with E-state index in [1.54, 1.807) is 0 Å². The normalized spacial score (nSPS) is 18.7. The lowest BCUT2D eigenvalue weighted by atomic mass is 10.1. The molecule has 0 saturated carbocycles. The van der Waals surface area contributed by atoms with Gasteiger partial charge in [-0.1, -0.05) is 23.7 Å². The molecule has 0 fully saturated rings. The first-order chi connectivity index (χ1) is 8.72. The number of fused-ring (bicyclic) bond motifs is 1. The van der Waals surface area contributed by atoms with Crippen LogP contribution >= 0.6 is 11.6 Å². The number of benzene rings is 1. The van der Waals surface area contributed by atoms with Gasteiger partial charge in [0.1, 0.15) is 11.9 Å². The molecule has 3 rings (SSSR count). The monoisotopic (exact) mass is 262 g/mol. The minimum Gasteiger partial charge on any atom is -0.385 e. The van der Waals surface area contributed by atoms with Crippen molar-refractivity contribution < 1.29 is 5.11 Å². The van der Waals surface area contributed by atoms with Crippen molar-refractivity contribution in [2.45, 2.75) is 31.9 Å². The van der Waals surface area contributed by atoms with Crippen molar-refractivity contribution in [2.75, 3.05) is 0 Å². The number of hydrogen-bond acceptors (Lipinski definition) is 2. The van der Waals surface area contributed by atoms with E-state index in [-0.39, 0.29) is 0 Å². The van der Waals surface area contributed by atoms with Gasteiger partial charge in [0.25, 0.3) is 0 Å². The number of aromatic nitrogens is 2. The second-order valence-electron chi connectivity index (χ2n) is 4.75. The maximum Gasteiger partial charge on any atom is 0.137 e. The average molecular weight is 263 g/mol. The first-order valence-corrected chi connectivity index (χ1v) is 6.58. The number of halogens is 1. The summed E-state index contributed by atoms with van der Waals surface area (Å²) in [6.07, 6.45) is 4.22. The molecule has 18 heavy (non-hydrogen) atoms. The van der Waals surface area contributed by atoms with Crippen molar-refractivity contribution >= 4 is 11.6 Å². The lowest BCUT2D eigenvalue weighted by molar-refractivity contribution is 0.133. The fourth-order valence-corrected chi connectivity index (χ4v) is 2.67. The molecule has 1 N–H and O–H groups in total. The summed E-state index contributed by atoms with van der Waals surface area (Å²) in [6.45, 7) is 0.953. The predicted molar refractivity (Wildman–Crippen MR) is 70.7 cm³/mol. The smallest absolute Gasteiger partial charge is 0.137 e. The average Bonchev–Trinajstić information content (AvgIpc) is 2.73. The molecular formula is C14H15ClN2O. The van der Waals surface area contributed by atoms with Crippen LogP contribution in [0.5, 0.6) is 0 Å². The van der Waals surface area contributed by atoms with Crippen LogP contribution in [0, 0.1) is 0 Å². The molecule has 1 atom stereocenters. The highest BCUT2D eigenvalue weighted by Crippen LogP contribution is 2.25. The van der Waals surface area contributed by atoms with Crippen LogP contribution in [0.2, 0.25) is 5.02 Å². The first kappa shape index (κ1) is 11.8. The Labute approximate surface area is 111 Å². The molecular weight excluding hydrogens is 248 g/mol. The van der Waals surface area contributed by atoms with E-state index in [4.69, 9.17) is 11.6 Å². The molecule has 0 bridgehead atoms. The number of aliphatic hydroxyl groups is 1. The molecule has 1 unspecified atom stereocenters. The van der Waals surface area contributed by atoms with E-state index in [0.29, 0.717) is 0 Å². The van der Waals surface area contributed by atoms with Crippen LogP contribution in [0.3, 0.4) is 0 Å². The Bertz CT molecular complexity index is 565. The molecule has 2 aromatic rings. The lowest BCUT2D eigenvalue weighted by Crippen LogP contribution is -2.14. The van der Waals surface area contributed by atoms with Gasteiger partial charge in [-0.2, -0.15) is 0 Å². The molecule has 0 saturated heterocycles. The number of rotatable bonds is 2. The molecule has 4 heteroatoms. The Hall–Kier alpha value is -1.32. The van der Waals surface area contributed by atoms with Gasteiger partial charge in [0.2, 0.25) is 0 Å². The summed E-state index contributed by atoms with van der Waals surface area (Å²) in [7, 11) is 0. The van der Waals surface area contributed by atoms with Crippen LogP contribution < -0.4 is 0 Å². The SMILES string of the molecule is OC1CCCn2cc(Cc3cccc(Cl)c3)nc21. The van der Waals surface area contributed by atoms with Gasteiger partial charge in [-0.05, 0) is 30.5 Å². The summed E-state index contributed by atoms with van der Waals surface area (Å²) in [5, 5.41) is 10.6. The number of aryl methyl sites for hydroxylation is 1. The van der Waals surface area contributed by atoms with Crippen LogP contribution in [0.1, 0.15) is 36.0 Å². The lowest BCUT2D eigenvalue weighted by Gasteiger charge is -2.18. The Morgan fingerprint density at radius 1 is 1.44 bits per heavy atom. The van der Waals surface area contributed by atoms with Gasteiger partial charge in [-0.15, -0.1) is 0 Å². The Morgan fingerprint density at radius 3 is 3.11 bits per heavy atom. The van der Waals surface area contributed by atoms with E-state index in [1.807, 2.05) is 30.5 Å². The maximum absolute atomic E-state index is 9.88. The molecule has 0 amide bonds. The zero-order valence-corrected chi connectivity index (χ0v) is 10.8. The van der Waals surface area contributed by atoms with Crippen molar-refractivity contribution in [1.82, 2.24) is 9.55 Å². The Balaban J connectivity index is 1.85. The summed E-state index contributed by atoms with van der Waals surface area (Å²) < 4.78 is 2.06. The van der Waals surface area contributed by atoms with Crippen LogP contribution in [0.25, 0.3) is 0 Å². The van der Waals surface area contributed by atoms with Gasteiger partial charge in [0.05, 0.1) is 5.69 Å². The van der Waals surface area contributed by atoms with Gasteiger partial charge in [0.15, 0.2) is 0 Å². The summed E-state index contributed by atoms with van der Waals surface area (Å²) in [5.41, 5.74) is 2.14. The van der Waals surface area contributed by atoms with Crippen molar-refractivity contribution in [1.29, 1.82) is 0 Å². The molecule has 0 spiro atoms. The molecule has 94 valence electrons. The van der Waals surface area contributed by atoms with E-state index in [0.717, 1.165) is 47.9 Å². The third-order valence-corrected chi connectivity index (χ3v) is 3.54. The van der Waals surface area contributed by atoms with Gasteiger partial charge in [0, 0.05) is 24.2 Å². The molecule has 2 heterocycles. The van der Waals surface area contributed by atoms with Crippen molar-refractivity contribution in [3.05, 3.63) is 52.6 Å². The third kappa shape index (κ3) is 2.28. The fraction of sp³-hybridized carbons (Fsp3) is 0.357. The highest BCUT2D eigenvalue weighted by atomic mass is 35.5. The number of hydrogen-bond donors (Lipinski definition) is 1. The van der Waals surface area contributed by atoms with Crippen LogP contribution in [0.4, 0.5) is 0 Å². The number of nitrogens with zero attached hydrogens (tertiary/aromatic N) is 2. The number of imidazole rings is 1. The molecule has 1 aromatic heterocycles. The van der Waals surface area contributed by atoms with E-state index < -0.39 is 6.10 Å². The summed E-state index contributed by atoms with van der Waals surface area (Å²) in [4.78, 5) is 4.53. The standard InChI is InChI=1S/C14H15ClN2O/c15-11-4-1-3-10(7-11)8-12-9-17-6-2-5-13(18)14(17)16-12/h1,3-4,7,9,13,18H,2,5-6,8H2. The van der Waals surface area contributed by atoms with Crippen LogP contribution in [-0.4, -0.2) is 14.7 Å². The molecule has 3 nitrogen and oxygen atoms in total. The minimum atomic E-state index is -0.410. The summed E-state index contributed by atoms with van der Waals surface area (Å²) in [6, 6.07) is 7.81.